The summed E-state index contributed by atoms with van der Waals surface area (Å²) in [6.45, 7) is 7.25. The maximum absolute atomic E-state index is 11.7. The second-order valence-corrected chi connectivity index (χ2v) is 5.50. The van der Waals surface area contributed by atoms with Crippen molar-refractivity contribution in [2.24, 2.45) is 0 Å². The number of carbonyl (C=O) groups excluding carboxylic acids is 1. The van der Waals surface area contributed by atoms with E-state index in [0.29, 0.717) is 12.6 Å². The third kappa shape index (κ3) is 4.53. The monoisotopic (exact) mass is 276 g/mol. The molecule has 2 rings (SSSR count). The molecule has 0 aromatic heterocycles. The van der Waals surface area contributed by atoms with Gasteiger partial charge in [0, 0.05) is 12.6 Å². The molecule has 4 heteroatoms. The normalized spacial score (nSPS) is 16.9. The minimum atomic E-state index is -0.0587. The molecule has 110 valence electrons. The average molecular weight is 276 g/mol. The van der Waals surface area contributed by atoms with Crippen molar-refractivity contribution in [3.8, 4) is 5.75 Å². The molecule has 0 unspecified atom stereocenters. The first kappa shape index (κ1) is 14.9. The van der Waals surface area contributed by atoms with Gasteiger partial charge in [0.15, 0.2) is 6.61 Å². The second-order valence-electron chi connectivity index (χ2n) is 5.50. The number of benzene rings is 1. The Morgan fingerprint density at radius 2 is 1.95 bits per heavy atom. The quantitative estimate of drug-likeness (QED) is 0.864. The molecular weight excluding hydrogens is 252 g/mol. The zero-order chi connectivity index (χ0) is 14.4. The highest BCUT2D eigenvalue weighted by molar-refractivity contribution is 5.77. The van der Waals surface area contributed by atoms with Crippen LogP contribution in [0.4, 0.5) is 0 Å². The molecule has 1 heterocycles. The highest BCUT2D eigenvalue weighted by Crippen LogP contribution is 2.12. The largest absolute Gasteiger partial charge is 0.484 e. The van der Waals surface area contributed by atoms with Gasteiger partial charge in [0.25, 0.3) is 5.91 Å². The van der Waals surface area contributed by atoms with E-state index >= 15 is 0 Å². The molecule has 1 atom stereocenters. The van der Waals surface area contributed by atoms with E-state index in [1.807, 2.05) is 31.2 Å². The summed E-state index contributed by atoms with van der Waals surface area (Å²) in [6.07, 6.45) is 2.55. The van der Waals surface area contributed by atoms with Gasteiger partial charge in [-0.15, -0.1) is 0 Å². The number of nitrogens with zero attached hydrogens (tertiary/aromatic N) is 1. The van der Waals surface area contributed by atoms with Gasteiger partial charge in [0.2, 0.25) is 0 Å². The molecule has 1 aliphatic heterocycles. The Morgan fingerprint density at radius 3 is 2.60 bits per heavy atom. The Balaban J connectivity index is 1.66. The Kier molecular flexibility index (Phi) is 5.41. The summed E-state index contributed by atoms with van der Waals surface area (Å²) < 4.78 is 5.45. The summed E-state index contributed by atoms with van der Waals surface area (Å²) in [4.78, 5) is 14.2. The van der Waals surface area contributed by atoms with Gasteiger partial charge in [-0.2, -0.15) is 0 Å². The van der Waals surface area contributed by atoms with Crippen LogP contribution < -0.4 is 10.1 Å². The van der Waals surface area contributed by atoms with Crippen LogP contribution in [0.3, 0.4) is 0 Å². The predicted octanol–water partition coefficient (Wildman–Crippen LogP) is 1.97. The van der Waals surface area contributed by atoms with Gasteiger partial charge in [-0.1, -0.05) is 17.7 Å². The van der Waals surface area contributed by atoms with Crippen molar-refractivity contribution < 1.29 is 9.53 Å². The van der Waals surface area contributed by atoms with Crippen molar-refractivity contribution in [2.75, 3.05) is 26.2 Å². The van der Waals surface area contributed by atoms with Crippen LogP contribution in [0.2, 0.25) is 0 Å². The topological polar surface area (TPSA) is 41.6 Å². The van der Waals surface area contributed by atoms with Crippen LogP contribution >= 0.6 is 0 Å². The van der Waals surface area contributed by atoms with E-state index in [1.165, 1.54) is 18.4 Å². The minimum Gasteiger partial charge on any atom is -0.484 e. The van der Waals surface area contributed by atoms with E-state index in [-0.39, 0.29) is 12.5 Å². The van der Waals surface area contributed by atoms with Gasteiger partial charge in [-0.25, -0.2) is 0 Å². The summed E-state index contributed by atoms with van der Waals surface area (Å²) in [6, 6.07) is 8.12. The van der Waals surface area contributed by atoms with Crippen molar-refractivity contribution in [3.05, 3.63) is 29.8 Å². The maximum Gasteiger partial charge on any atom is 0.257 e. The first-order valence-corrected chi connectivity index (χ1v) is 7.35. The molecule has 0 radical (unpaired) electrons. The highest BCUT2D eigenvalue weighted by atomic mass is 16.5. The van der Waals surface area contributed by atoms with Gasteiger partial charge in [-0.3, -0.25) is 9.69 Å². The van der Waals surface area contributed by atoms with Gasteiger partial charge >= 0.3 is 0 Å². The van der Waals surface area contributed by atoms with Crippen molar-refractivity contribution in [2.45, 2.75) is 32.7 Å². The second kappa shape index (κ2) is 7.29. The lowest BCUT2D eigenvalue weighted by Crippen LogP contribution is -2.42. The maximum atomic E-state index is 11.7. The Morgan fingerprint density at radius 1 is 1.30 bits per heavy atom. The smallest absolute Gasteiger partial charge is 0.257 e. The minimum absolute atomic E-state index is 0.0587. The number of carbonyl (C=O) groups is 1. The third-order valence-electron chi connectivity index (χ3n) is 3.75. The average Bonchev–Trinajstić information content (AvgIpc) is 2.98. The molecular formula is C16H24N2O2. The lowest BCUT2D eigenvalue weighted by Gasteiger charge is -2.23. The van der Waals surface area contributed by atoms with Gasteiger partial charge < -0.3 is 10.1 Å². The molecule has 1 saturated heterocycles. The summed E-state index contributed by atoms with van der Waals surface area (Å²) in [7, 11) is 0. The summed E-state index contributed by atoms with van der Waals surface area (Å²) in [5.41, 5.74) is 1.18. The van der Waals surface area contributed by atoms with E-state index in [1.54, 1.807) is 0 Å². The van der Waals surface area contributed by atoms with E-state index in [2.05, 4.69) is 17.1 Å². The van der Waals surface area contributed by atoms with Crippen molar-refractivity contribution in [1.29, 1.82) is 0 Å². The molecule has 0 saturated carbocycles. The lowest BCUT2D eigenvalue weighted by atomic mass is 10.2. The molecule has 1 aliphatic rings. The van der Waals surface area contributed by atoms with Crippen LogP contribution in [0.25, 0.3) is 0 Å². The van der Waals surface area contributed by atoms with Crippen molar-refractivity contribution in [3.63, 3.8) is 0 Å². The van der Waals surface area contributed by atoms with Crippen LogP contribution in [0.1, 0.15) is 25.3 Å². The number of ether oxygens (including phenoxy) is 1. The van der Waals surface area contributed by atoms with Crippen molar-refractivity contribution in [1.82, 2.24) is 10.2 Å². The molecule has 1 aromatic carbocycles. The van der Waals surface area contributed by atoms with E-state index in [4.69, 9.17) is 4.74 Å². The number of amides is 1. The standard InChI is InChI=1S/C16H24N2O2/c1-13-5-7-15(8-6-13)20-12-16(19)17-11-14(2)18-9-3-4-10-18/h5-8,14H,3-4,9-12H2,1-2H3,(H,17,19)/t14-/m0/s1. The van der Waals surface area contributed by atoms with Gasteiger partial charge in [0.1, 0.15) is 5.75 Å². The molecule has 0 bridgehead atoms. The van der Waals surface area contributed by atoms with Gasteiger partial charge in [0.05, 0.1) is 0 Å². The molecule has 1 N–H and O–H groups in total. The molecule has 0 aliphatic carbocycles. The first-order valence-electron chi connectivity index (χ1n) is 7.35. The number of aryl methyl sites for hydroxylation is 1. The van der Waals surface area contributed by atoms with Crippen LogP contribution in [0.5, 0.6) is 5.75 Å². The fourth-order valence-corrected chi connectivity index (χ4v) is 2.41. The molecule has 20 heavy (non-hydrogen) atoms. The van der Waals surface area contributed by atoms with Crippen molar-refractivity contribution >= 4 is 5.91 Å². The summed E-state index contributed by atoms with van der Waals surface area (Å²) in [5.74, 6) is 0.676. The van der Waals surface area contributed by atoms with E-state index in [9.17, 15) is 4.79 Å². The number of likely N-dealkylation sites (tertiary alicyclic amines) is 1. The molecule has 0 spiro atoms. The zero-order valence-electron chi connectivity index (χ0n) is 12.4. The van der Waals surface area contributed by atoms with Crippen LogP contribution in [0, 0.1) is 6.92 Å². The fourth-order valence-electron chi connectivity index (χ4n) is 2.41. The SMILES string of the molecule is Cc1ccc(OCC(=O)NC[C@H](C)N2CCCC2)cc1. The predicted molar refractivity (Wildman–Crippen MR) is 80.0 cm³/mol. The number of rotatable bonds is 6. The first-order chi connectivity index (χ1) is 9.65. The van der Waals surface area contributed by atoms with E-state index in [0.717, 1.165) is 18.8 Å². The fraction of sp³-hybridized carbons (Fsp3) is 0.562. The van der Waals surface area contributed by atoms with Crippen LogP contribution in [-0.2, 0) is 4.79 Å². The zero-order valence-corrected chi connectivity index (χ0v) is 12.4. The number of nitrogens with one attached hydrogen (secondary N) is 1. The van der Waals surface area contributed by atoms with Gasteiger partial charge in [-0.05, 0) is 51.9 Å². The number of hydrogen-bond acceptors (Lipinski definition) is 3. The Bertz CT molecular complexity index is 425. The third-order valence-corrected chi connectivity index (χ3v) is 3.75. The molecule has 1 aromatic rings. The Hall–Kier alpha value is -1.55. The van der Waals surface area contributed by atoms with E-state index < -0.39 is 0 Å². The Labute approximate surface area is 121 Å². The molecule has 4 nitrogen and oxygen atoms in total. The molecule has 1 amide bonds. The van der Waals surface area contributed by atoms with Crippen LogP contribution in [0.15, 0.2) is 24.3 Å². The highest BCUT2D eigenvalue weighted by Gasteiger charge is 2.18. The summed E-state index contributed by atoms with van der Waals surface area (Å²) in [5, 5.41) is 2.94. The summed E-state index contributed by atoms with van der Waals surface area (Å²) >= 11 is 0. The lowest BCUT2D eigenvalue weighted by molar-refractivity contribution is -0.123. The van der Waals surface area contributed by atoms with Crippen LogP contribution in [-0.4, -0.2) is 43.1 Å². The number of hydrogen-bond donors (Lipinski definition) is 1. The molecule has 1 fully saturated rings.